The number of hydrogen-bond acceptors (Lipinski definition) is 2. The predicted octanol–water partition coefficient (Wildman–Crippen LogP) is 15.3. The molecule has 84 heavy (non-hydrogen) atoms. The van der Waals surface area contributed by atoms with Gasteiger partial charge in [0.15, 0.2) is 0 Å². The fourth-order valence-corrected chi connectivity index (χ4v) is 26.0. The molecular formula is C79H66O2Si3. The average molecular weight is 1130 g/mol. The number of benzene rings is 10. The maximum atomic E-state index is 7.51. The van der Waals surface area contributed by atoms with Crippen LogP contribution in [-0.4, -0.2) is 25.4 Å². The summed E-state index contributed by atoms with van der Waals surface area (Å²) < 4.78 is 15.0. The SMILES string of the molecule is CC1=CC2=C(C=CC=CC2c2ccc3cc(O[Si](c4ccccc4)(c4ccccc4)c4ccccc4)ccc3c2)C1[SiH](C)C1C(C)=CC2=C1C=CC=CC2c1ccc2cc(O[Si](c3ccccc3)(c3ccccc3)c3ccccc3)ccc2c1. The zero-order chi connectivity index (χ0) is 56.6. The van der Waals surface area contributed by atoms with Crippen molar-refractivity contribution in [1.82, 2.24) is 0 Å². The molecule has 0 amide bonds. The number of fused-ring (bicyclic) bond motifs is 2. The monoisotopic (exact) mass is 1130 g/mol. The molecule has 10 aromatic rings. The summed E-state index contributed by atoms with van der Waals surface area (Å²) in [7, 11) is -7.51. The highest BCUT2D eigenvalue weighted by Gasteiger charge is 2.46. The molecule has 406 valence electrons. The largest absolute Gasteiger partial charge is 0.530 e. The predicted molar refractivity (Wildman–Crippen MR) is 361 cm³/mol. The summed E-state index contributed by atoms with van der Waals surface area (Å²) in [5, 5.41) is 12.1. The van der Waals surface area contributed by atoms with Gasteiger partial charge < -0.3 is 8.85 Å². The Bertz CT molecular complexity index is 3870. The third-order valence-electron chi connectivity index (χ3n) is 18.2. The molecule has 5 heteroatoms. The first kappa shape index (κ1) is 52.9. The lowest BCUT2D eigenvalue weighted by Gasteiger charge is -2.33. The van der Waals surface area contributed by atoms with Crippen molar-refractivity contribution >= 4 is 78.1 Å². The second kappa shape index (κ2) is 22.6. The molecule has 4 aliphatic rings. The summed E-state index contributed by atoms with van der Waals surface area (Å²) in [6.07, 6.45) is 23.9. The molecular weight excluding hydrogens is 1070 g/mol. The summed E-state index contributed by atoms with van der Waals surface area (Å²) in [6.45, 7) is 7.44. The highest BCUT2D eigenvalue weighted by Crippen LogP contribution is 2.54. The smallest absolute Gasteiger partial charge is 0.346 e. The van der Waals surface area contributed by atoms with Gasteiger partial charge in [-0.2, -0.15) is 0 Å². The van der Waals surface area contributed by atoms with Crippen molar-refractivity contribution in [3.05, 3.63) is 360 Å². The Hall–Kier alpha value is -9.11. The van der Waals surface area contributed by atoms with Crippen molar-refractivity contribution in [3.8, 4) is 11.5 Å². The van der Waals surface area contributed by atoms with Crippen LogP contribution in [-0.2, 0) is 0 Å². The van der Waals surface area contributed by atoms with Crippen LogP contribution in [0.2, 0.25) is 17.6 Å². The van der Waals surface area contributed by atoms with Crippen molar-refractivity contribution in [3.63, 3.8) is 0 Å². The minimum absolute atomic E-state index is 0.142. The molecule has 14 rings (SSSR count). The zero-order valence-electron chi connectivity index (χ0n) is 47.7. The quantitative estimate of drug-likeness (QED) is 0.0798. The third kappa shape index (κ3) is 9.52. The summed E-state index contributed by atoms with van der Waals surface area (Å²) in [5.41, 5.74) is 12.3. The van der Waals surface area contributed by atoms with Crippen LogP contribution in [0.25, 0.3) is 21.5 Å². The Morgan fingerprint density at radius 2 is 0.619 bits per heavy atom. The Labute approximate surface area is 498 Å². The van der Waals surface area contributed by atoms with Crippen LogP contribution in [0.4, 0.5) is 0 Å². The van der Waals surface area contributed by atoms with Gasteiger partial charge in [0.05, 0.1) is 8.80 Å². The molecule has 10 aromatic carbocycles. The van der Waals surface area contributed by atoms with E-state index in [0.717, 1.165) is 11.5 Å². The van der Waals surface area contributed by atoms with E-state index in [9.17, 15) is 0 Å². The van der Waals surface area contributed by atoms with Gasteiger partial charge in [-0.15, -0.1) is 0 Å². The van der Waals surface area contributed by atoms with E-state index >= 15 is 0 Å². The molecule has 0 aromatic heterocycles. The Morgan fingerprint density at radius 1 is 0.321 bits per heavy atom. The zero-order valence-corrected chi connectivity index (χ0v) is 50.9. The lowest BCUT2D eigenvalue weighted by molar-refractivity contribution is 0.577. The Kier molecular flexibility index (Phi) is 14.2. The third-order valence-corrected chi connectivity index (χ3v) is 30.0. The molecule has 0 heterocycles. The maximum absolute atomic E-state index is 7.51. The van der Waals surface area contributed by atoms with Crippen molar-refractivity contribution in [2.24, 2.45) is 0 Å². The molecule has 4 atom stereocenters. The fraction of sp³-hybridized carbons (Fsp3) is 0.0886. The molecule has 0 radical (unpaired) electrons. The van der Waals surface area contributed by atoms with Gasteiger partial charge in [0.2, 0.25) is 0 Å². The molecule has 0 N–H and O–H groups in total. The molecule has 4 unspecified atom stereocenters. The number of rotatable bonds is 14. The van der Waals surface area contributed by atoms with Gasteiger partial charge in [-0.1, -0.05) is 309 Å². The Morgan fingerprint density at radius 3 is 0.940 bits per heavy atom. The summed E-state index contributed by atoms with van der Waals surface area (Å²) in [6, 6.07) is 92.5. The molecule has 0 aliphatic heterocycles. The van der Waals surface area contributed by atoms with Gasteiger partial charge >= 0.3 is 16.6 Å². The van der Waals surface area contributed by atoms with Crippen LogP contribution in [0.5, 0.6) is 11.5 Å². The van der Waals surface area contributed by atoms with Gasteiger partial charge in [-0.3, -0.25) is 0 Å². The highest BCUT2D eigenvalue weighted by atomic mass is 28.4. The van der Waals surface area contributed by atoms with Crippen molar-refractivity contribution in [1.29, 1.82) is 0 Å². The minimum atomic E-state index is -2.96. The Balaban J connectivity index is 0.744. The molecule has 0 spiro atoms. The van der Waals surface area contributed by atoms with E-state index in [2.05, 4.69) is 336 Å². The van der Waals surface area contributed by atoms with Crippen LogP contribution < -0.4 is 40.0 Å². The fourth-order valence-electron chi connectivity index (χ4n) is 14.4. The number of allylic oxidation sites excluding steroid dienone is 16. The maximum Gasteiger partial charge on any atom is 0.346 e. The van der Waals surface area contributed by atoms with Crippen molar-refractivity contribution < 1.29 is 8.85 Å². The normalized spacial score (nSPS) is 18.7. The van der Waals surface area contributed by atoms with Crippen LogP contribution in [0, 0.1) is 0 Å². The molecule has 4 aliphatic carbocycles. The van der Waals surface area contributed by atoms with Gasteiger partial charge in [0.25, 0.3) is 0 Å². The van der Waals surface area contributed by atoms with E-state index in [1.54, 1.807) is 0 Å². The summed E-state index contributed by atoms with van der Waals surface area (Å²) in [4.78, 5) is 0. The van der Waals surface area contributed by atoms with Gasteiger partial charge in [0.1, 0.15) is 11.5 Å². The lowest BCUT2D eigenvalue weighted by atomic mass is 9.88. The molecule has 2 nitrogen and oxygen atoms in total. The van der Waals surface area contributed by atoms with Crippen molar-refractivity contribution in [2.45, 2.75) is 43.3 Å². The first-order valence-corrected chi connectivity index (χ1v) is 36.0. The second-order valence-corrected chi connectivity index (χ2v) is 32.8. The van der Waals surface area contributed by atoms with Crippen LogP contribution in [0.3, 0.4) is 0 Å². The first-order valence-electron chi connectivity index (χ1n) is 29.7. The summed E-state index contributed by atoms with van der Waals surface area (Å²) in [5.74, 6) is 2.05. The standard InChI is InChI=1S/C79H66O2Si3/c1-56-50-76-72(62-44-42-60-54-64(48-46-58(60)52-62)80-83(66-26-10-4-11-27-66,67-28-12-5-13-29-67)68-30-14-6-15-31-68)38-22-24-40-74(76)78(56)82(3)79-57(2)51-77-73(39-23-25-41-75(77)79)63-45-43-61-55-65(49-47-59(61)53-63)81-84(69-32-16-7-17-33-69,70-34-18-8-19-35-70)71-36-20-9-21-37-71/h4-55,72-73,78-79,82H,1-3H3. The molecule has 0 fully saturated rings. The second-order valence-electron chi connectivity index (χ2n) is 23.2. The molecule has 0 saturated heterocycles. The lowest BCUT2D eigenvalue weighted by Crippen LogP contribution is -2.71. The van der Waals surface area contributed by atoms with Gasteiger partial charge in [-0.05, 0) is 135 Å². The average Bonchev–Trinajstić information content (AvgIpc) is 1.98. The minimum Gasteiger partial charge on any atom is -0.530 e. The topological polar surface area (TPSA) is 18.5 Å². The van der Waals surface area contributed by atoms with Crippen LogP contribution >= 0.6 is 0 Å². The van der Waals surface area contributed by atoms with Gasteiger partial charge in [-0.25, -0.2) is 0 Å². The van der Waals surface area contributed by atoms with E-state index < -0.39 is 25.4 Å². The highest BCUT2D eigenvalue weighted by molar-refractivity contribution is 7.08. The van der Waals surface area contributed by atoms with Crippen LogP contribution in [0.15, 0.2) is 349 Å². The summed E-state index contributed by atoms with van der Waals surface area (Å²) >= 11 is 0. The molecule has 0 bridgehead atoms. The van der Waals surface area contributed by atoms with E-state index in [4.69, 9.17) is 8.85 Å². The van der Waals surface area contributed by atoms with E-state index in [0.29, 0.717) is 11.1 Å². The van der Waals surface area contributed by atoms with Crippen LogP contribution in [0.1, 0.15) is 36.8 Å². The first-order chi connectivity index (χ1) is 41.4. The van der Waals surface area contributed by atoms with Gasteiger partial charge in [0, 0.05) is 11.8 Å². The van der Waals surface area contributed by atoms with E-state index in [-0.39, 0.29) is 11.8 Å². The van der Waals surface area contributed by atoms with E-state index in [1.807, 2.05) is 0 Å². The van der Waals surface area contributed by atoms with E-state index in [1.165, 1.54) is 97.2 Å². The molecule has 0 saturated carbocycles. The number of hydrogen-bond donors (Lipinski definition) is 0. The van der Waals surface area contributed by atoms with Crippen molar-refractivity contribution in [2.75, 3.05) is 0 Å².